The van der Waals surface area contributed by atoms with Crippen LogP contribution in [0.3, 0.4) is 0 Å². The molecule has 0 saturated carbocycles. The molecule has 7 heteroatoms. The molecular formula is C4H6F5NO. The Balaban J connectivity index is 4.00. The molecule has 0 aromatic heterocycles. The Labute approximate surface area is 59.1 Å². The van der Waals surface area contributed by atoms with Crippen molar-refractivity contribution in [3.8, 4) is 0 Å². The van der Waals surface area contributed by atoms with Gasteiger partial charge in [-0.3, -0.25) is 0 Å². The summed E-state index contributed by atoms with van der Waals surface area (Å²) in [5, 5.41) is 0. The zero-order chi connectivity index (χ0) is 9.12. The molecule has 0 amide bonds. The summed E-state index contributed by atoms with van der Waals surface area (Å²) in [4.78, 5) is 0. The van der Waals surface area contributed by atoms with Gasteiger partial charge in [-0.25, -0.2) is 0 Å². The summed E-state index contributed by atoms with van der Waals surface area (Å²) in [5.74, 6) is 0. The van der Waals surface area contributed by atoms with Gasteiger partial charge in [-0.2, -0.15) is 22.0 Å². The molecule has 0 spiro atoms. The maximum Gasteiger partial charge on any atom is 0.482 e. The number of nitrogens with two attached hydrogens (primary N) is 1. The van der Waals surface area contributed by atoms with Gasteiger partial charge in [-0.15, -0.1) is 0 Å². The van der Waals surface area contributed by atoms with Crippen LogP contribution >= 0.6 is 0 Å². The Morgan fingerprint density at radius 1 is 1.09 bits per heavy atom. The van der Waals surface area contributed by atoms with E-state index in [2.05, 4.69) is 10.5 Å². The van der Waals surface area contributed by atoms with E-state index in [0.29, 0.717) is 0 Å². The molecule has 0 aliphatic carbocycles. The molecule has 0 radical (unpaired) electrons. The molecule has 0 aromatic rings. The molecule has 68 valence electrons. The molecule has 0 rings (SSSR count). The molecular weight excluding hydrogens is 173 g/mol. The minimum Gasteiger partial charge on any atom is -0.328 e. The molecule has 0 aliphatic heterocycles. The van der Waals surface area contributed by atoms with E-state index in [1.165, 1.54) is 0 Å². The first-order valence-electron chi connectivity index (χ1n) is 2.60. The maximum atomic E-state index is 11.7. The standard InChI is InChI=1S/C4H6F5NO/c5-3(6,7)4(8,9)11-2-1-10/h1-2,10H2. The van der Waals surface area contributed by atoms with Crippen molar-refractivity contribution in [1.29, 1.82) is 0 Å². The summed E-state index contributed by atoms with van der Waals surface area (Å²) in [6.07, 6.45) is -10.8. The molecule has 2 nitrogen and oxygen atoms in total. The van der Waals surface area contributed by atoms with Crippen molar-refractivity contribution in [2.75, 3.05) is 13.2 Å². The van der Waals surface area contributed by atoms with Gasteiger partial charge in [-0.05, 0) is 0 Å². The van der Waals surface area contributed by atoms with E-state index >= 15 is 0 Å². The zero-order valence-electron chi connectivity index (χ0n) is 5.29. The predicted molar refractivity (Wildman–Crippen MR) is 26.0 cm³/mol. The van der Waals surface area contributed by atoms with Gasteiger partial charge in [0.2, 0.25) is 0 Å². The third kappa shape index (κ3) is 2.98. The second-order valence-corrected chi connectivity index (χ2v) is 1.65. The van der Waals surface area contributed by atoms with Crippen LogP contribution < -0.4 is 5.73 Å². The SMILES string of the molecule is NCCOC(F)(F)C(F)(F)F. The van der Waals surface area contributed by atoms with Crippen molar-refractivity contribution in [1.82, 2.24) is 0 Å². The van der Waals surface area contributed by atoms with E-state index in [1.807, 2.05) is 0 Å². The molecule has 0 unspecified atom stereocenters. The second kappa shape index (κ2) is 3.31. The highest BCUT2D eigenvalue weighted by Gasteiger charge is 2.59. The molecule has 0 heterocycles. The Bertz CT molecular complexity index is 122. The lowest BCUT2D eigenvalue weighted by atomic mass is 10.6. The lowest BCUT2D eigenvalue weighted by Gasteiger charge is -2.18. The number of ether oxygens (including phenoxy) is 1. The topological polar surface area (TPSA) is 35.2 Å². The minimum absolute atomic E-state index is 0.383. The van der Waals surface area contributed by atoms with Gasteiger partial charge in [0.1, 0.15) is 0 Å². The molecule has 0 fully saturated rings. The van der Waals surface area contributed by atoms with Crippen molar-refractivity contribution in [3.05, 3.63) is 0 Å². The van der Waals surface area contributed by atoms with Crippen molar-refractivity contribution in [2.45, 2.75) is 12.3 Å². The van der Waals surface area contributed by atoms with E-state index in [4.69, 9.17) is 0 Å². The highest BCUT2D eigenvalue weighted by Crippen LogP contribution is 2.35. The summed E-state index contributed by atoms with van der Waals surface area (Å²) in [5.41, 5.74) is 4.65. The van der Waals surface area contributed by atoms with Crippen LogP contribution in [-0.2, 0) is 4.74 Å². The average Bonchev–Trinajstić information content (AvgIpc) is 1.81. The molecule has 0 aliphatic rings. The van der Waals surface area contributed by atoms with Gasteiger partial charge in [0.25, 0.3) is 0 Å². The Hall–Kier alpha value is -0.430. The molecule has 0 aromatic carbocycles. The van der Waals surface area contributed by atoms with Gasteiger partial charge < -0.3 is 10.5 Å². The highest BCUT2D eigenvalue weighted by atomic mass is 19.4. The Morgan fingerprint density at radius 3 is 1.82 bits per heavy atom. The van der Waals surface area contributed by atoms with Crippen LogP contribution in [0.25, 0.3) is 0 Å². The molecule has 2 N–H and O–H groups in total. The van der Waals surface area contributed by atoms with Gasteiger partial charge in [0, 0.05) is 6.54 Å². The number of hydrogen-bond donors (Lipinski definition) is 1. The smallest absolute Gasteiger partial charge is 0.328 e. The van der Waals surface area contributed by atoms with Crippen LogP contribution in [-0.4, -0.2) is 25.4 Å². The highest BCUT2D eigenvalue weighted by molar-refractivity contribution is 4.63. The first kappa shape index (κ1) is 10.6. The zero-order valence-corrected chi connectivity index (χ0v) is 5.29. The largest absolute Gasteiger partial charge is 0.482 e. The summed E-state index contributed by atoms with van der Waals surface area (Å²) < 4.78 is 60.3. The van der Waals surface area contributed by atoms with E-state index in [9.17, 15) is 22.0 Å². The Kier molecular flexibility index (Phi) is 3.18. The third-order valence-electron chi connectivity index (χ3n) is 0.731. The van der Waals surface area contributed by atoms with Crippen LogP contribution in [0.15, 0.2) is 0 Å². The van der Waals surface area contributed by atoms with Crippen LogP contribution in [0, 0.1) is 0 Å². The van der Waals surface area contributed by atoms with E-state index in [-0.39, 0.29) is 6.54 Å². The summed E-state index contributed by atoms with van der Waals surface area (Å²) >= 11 is 0. The molecule has 0 saturated heterocycles. The van der Waals surface area contributed by atoms with Gasteiger partial charge in [0.05, 0.1) is 6.61 Å². The first-order chi connectivity index (χ1) is 4.81. The van der Waals surface area contributed by atoms with E-state index in [0.717, 1.165) is 0 Å². The maximum absolute atomic E-state index is 11.7. The number of hydrogen-bond acceptors (Lipinski definition) is 2. The monoisotopic (exact) mass is 179 g/mol. The fourth-order valence-corrected chi connectivity index (χ4v) is 0.269. The second-order valence-electron chi connectivity index (χ2n) is 1.65. The van der Waals surface area contributed by atoms with Crippen LogP contribution in [0.2, 0.25) is 0 Å². The normalized spacial score (nSPS) is 13.6. The van der Waals surface area contributed by atoms with Gasteiger partial charge in [-0.1, -0.05) is 0 Å². The third-order valence-corrected chi connectivity index (χ3v) is 0.731. The van der Waals surface area contributed by atoms with E-state index < -0.39 is 18.9 Å². The van der Waals surface area contributed by atoms with E-state index in [1.54, 1.807) is 0 Å². The van der Waals surface area contributed by atoms with Gasteiger partial charge >= 0.3 is 12.3 Å². The van der Waals surface area contributed by atoms with Crippen molar-refractivity contribution in [3.63, 3.8) is 0 Å². The molecule has 0 bridgehead atoms. The molecule has 0 atom stereocenters. The van der Waals surface area contributed by atoms with Gasteiger partial charge in [0.15, 0.2) is 0 Å². The quantitative estimate of drug-likeness (QED) is 0.659. The average molecular weight is 179 g/mol. The van der Waals surface area contributed by atoms with Crippen molar-refractivity contribution < 1.29 is 26.7 Å². The lowest BCUT2D eigenvalue weighted by Crippen LogP contribution is -2.40. The minimum atomic E-state index is -5.66. The number of alkyl halides is 5. The summed E-state index contributed by atoms with van der Waals surface area (Å²) in [6, 6.07) is 0. The van der Waals surface area contributed by atoms with Crippen molar-refractivity contribution in [2.24, 2.45) is 5.73 Å². The predicted octanol–water partition coefficient (Wildman–Crippen LogP) is 1.12. The van der Waals surface area contributed by atoms with Crippen LogP contribution in [0.4, 0.5) is 22.0 Å². The first-order valence-corrected chi connectivity index (χ1v) is 2.60. The number of halogens is 5. The van der Waals surface area contributed by atoms with Crippen LogP contribution in [0.5, 0.6) is 0 Å². The Morgan fingerprint density at radius 2 is 1.55 bits per heavy atom. The summed E-state index contributed by atoms with van der Waals surface area (Å²) in [6.45, 7) is -1.21. The lowest BCUT2D eigenvalue weighted by molar-refractivity contribution is -0.390. The van der Waals surface area contributed by atoms with Crippen LogP contribution in [0.1, 0.15) is 0 Å². The number of rotatable bonds is 3. The molecule has 11 heavy (non-hydrogen) atoms. The fourth-order valence-electron chi connectivity index (χ4n) is 0.269. The van der Waals surface area contributed by atoms with Crippen molar-refractivity contribution >= 4 is 0 Å². The summed E-state index contributed by atoms with van der Waals surface area (Å²) in [7, 11) is 0. The fraction of sp³-hybridized carbons (Fsp3) is 1.00.